The van der Waals surface area contributed by atoms with Crippen molar-refractivity contribution < 1.29 is 13.2 Å². The number of hydrogen-bond donors (Lipinski definition) is 2. The molecule has 0 saturated carbocycles. The first-order valence-electron chi connectivity index (χ1n) is 9.59. The van der Waals surface area contributed by atoms with Gasteiger partial charge >= 0.3 is 6.18 Å². The Morgan fingerprint density at radius 3 is 2.59 bits per heavy atom. The Bertz CT molecular complexity index is 1140. The van der Waals surface area contributed by atoms with E-state index < -0.39 is 11.7 Å². The fraction of sp³-hybridized carbons (Fsp3) is 0.368. The highest BCUT2D eigenvalue weighted by Gasteiger charge is 2.36. The first-order chi connectivity index (χ1) is 15.2. The lowest BCUT2D eigenvalue weighted by molar-refractivity contribution is -0.137. The zero-order valence-electron chi connectivity index (χ0n) is 16.8. The molecule has 0 bridgehead atoms. The van der Waals surface area contributed by atoms with Gasteiger partial charge in [0.25, 0.3) is 0 Å². The molecule has 7 nitrogen and oxygen atoms in total. The molecule has 32 heavy (non-hydrogen) atoms. The van der Waals surface area contributed by atoms with Crippen molar-refractivity contribution in [2.75, 3.05) is 24.1 Å². The summed E-state index contributed by atoms with van der Waals surface area (Å²) in [5.41, 5.74) is 4.89. The van der Waals surface area contributed by atoms with Gasteiger partial charge in [-0.1, -0.05) is 11.3 Å². The molecule has 3 aromatic heterocycles. The number of nitrogen functional groups attached to an aromatic ring is 1. The van der Waals surface area contributed by atoms with E-state index in [1.165, 1.54) is 17.4 Å². The van der Waals surface area contributed by atoms with E-state index in [-0.39, 0.29) is 17.7 Å². The topological polar surface area (TPSA) is 104 Å². The van der Waals surface area contributed by atoms with Crippen LogP contribution < -0.4 is 11.1 Å². The second-order valence-corrected chi connectivity index (χ2v) is 10.8. The van der Waals surface area contributed by atoms with Gasteiger partial charge in [0.05, 0.1) is 26.5 Å². The van der Waals surface area contributed by atoms with Gasteiger partial charge in [0, 0.05) is 30.2 Å². The Kier molecular flexibility index (Phi) is 6.57. The van der Waals surface area contributed by atoms with Gasteiger partial charge in [-0.2, -0.15) is 18.4 Å². The highest BCUT2D eigenvalue weighted by atomic mass is 32.2. The van der Waals surface area contributed by atoms with Gasteiger partial charge in [-0.3, -0.25) is 0 Å². The summed E-state index contributed by atoms with van der Waals surface area (Å²) < 4.78 is 43.9. The average molecular weight is 498 g/mol. The number of aryl methyl sites for hydroxylation is 1. The summed E-state index contributed by atoms with van der Waals surface area (Å²) in [6, 6.07) is 3.49. The lowest BCUT2D eigenvalue weighted by Crippen LogP contribution is -2.36. The van der Waals surface area contributed by atoms with Crippen molar-refractivity contribution >= 4 is 45.7 Å². The molecular weight excluding hydrogens is 479 g/mol. The van der Waals surface area contributed by atoms with Crippen LogP contribution in [0.3, 0.4) is 0 Å². The van der Waals surface area contributed by atoms with E-state index in [2.05, 4.69) is 24.6 Å². The van der Waals surface area contributed by atoms with Crippen LogP contribution in [0.5, 0.6) is 0 Å². The molecule has 1 aliphatic heterocycles. The number of thiophene rings is 1. The zero-order valence-corrected chi connectivity index (χ0v) is 19.3. The maximum atomic E-state index is 13.6. The van der Waals surface area contributed by atoms with Crippen LogP contribution in [-0.2, 0) is 6.18 Å². The van der Waals surface area contributed by atoms with E-state index in [0.717, 1.165) is 47.7 Å². The van der Waals surface area contributed by atoms with Gasteiger partial charge in [0.2, 0.25) is 5.95 Å². The summed E-state index contributed by atoms with van der Waals surface area (Å²) >= 11 is 4.15. The van der Waals surface area contributed by atoms with Crippen LogP contribution in [0.2, 0.25) is 0 Å². The Labute approximate surface area is 194 Å². The third-order valence-corrected chi connectivity index (χ3v) is 7.94. The molecule has 1 aliphatic rings. The van der Waals surface area contributed by atoms with Crippen molar-refractivity contribution in [1.29, 1.82) is 5.26 Å². The van der Waals surface area contributed by atoms with Gasteiger partial charge in [0.15, 0.2) is 5.13 Å². The minimum Gasteiger partial charge on any atom is -0.375 e. The number of nitrogens with zero attached hydrogens (tertiary/aromatic N) is 5. The van der Waals surface area contributed by atoms with Gasteiger partial charge in [-0.05, 0) is 37.8 Å². The molecule has 0 aromatic carbocycles. The average Bonchev–Trinajstić information content (AvgIpc) is 3.33. The molecule has 13 heteroatoms. The van der Waals surface area contributed by atoms with Crippen LogP contribution in [0.15, 0.2) is 22.7 Å². The molecule has 0 radical (unpaired) electrons. The van der Waals surface area contributed by atoms with E-state index in [1.54, 1.807) is 25.1 Å². The van der Waals surface area contributed by atoms with Crippen LogP contribution in [0.4, 0.5) is 24.3 Å². The Balaban J connectivity index is 1.48. The summed E-state index contributed by atoms with van der Waals surface area (Å²) in [4.78, 5) is 13.1. The van der Waals surface area contributed by atoms with Crippen molar-refractivity contribution in [3.63, 3.8) is 0 Å². The van der Waals surface area contributed by atoms with Crippen LogP contribution >= 0.6 is 34.6 Å². The van der Waals surface area contributed by atoms with Crippen molar-refractivity contribution in [3.8, 4) is 16.6 Å². The number of aromatic nitrogens is 3. The Morgan fingerprint density at radius 1 is 1.25 bits per heavy atom. The van der Waals surface area contributed by atoms with Crippen molar-refractivity contribution in [2.45, 2.75) is 36.2 Å². The minimum absolute atomic E-state index is 0.0442. The number of nitrogens with two attached hydrogens (primary N) is 1. The molecule has 3 N–H and O–H groups in total. The van der Waals surface area contributed by atoms with Crippen molar-refractivity contribution in [2.24, 2.45) is 0 Å². The van der Waals surface area contributed by atoms with E-state index in [4.69, 9.17) is 11.0 Å². The SMILES string of the molecule is Cc1sc(-c2nc(NC3CCN(Sc4cnc(N)s4)CC3)ncc2C(F)(F)F)cc1C#N. The third kappa shape index (κ3) is 5.15. The van der Waals surface area contributed by atoms with E-state index >= 15 is 0 Å². The number of rotatable bonds is 5. The number of piperidine rings is 1. The number of halogens is 3. The summed E-state index contributed by atoms with van der Waals surface area (Å²) in [5, 5.41) is 12.9. The Hall–Kier alpha value is -2.40. The Morgan fingerprint density at radius 2 is 2.00 bits per heavy atom. The molecule has 0 atom stereocenters. The van der Waals surface area contributed by atoms with E-state index in [1.807, 2.05) is 6.07 Å². The molecule has 0 aliphatic carbocycles. The number of nitrogens with one attached hydrogen (secondary N) is 1. The first-order valence-corrected chi connectivity index (χ1v) is 12.0. The normalized spacial score (nSPS) is 15.6. The molecule has 1 fully saturated rings. The fourth-order valence-electron chi connectivity index (χ4n) is 3.27. The lowest BCUT2D eigenvalue weighted by atomic mass is 10.1. The largest absolute Gasteiger partial charge is 0.420 e. The first kappa shape index (κ1) is 22.8. The van der Waals surface area contributed by atoms with Crippen molar-refractivity contribution in [1.82, 2.24) is 19.3 Å². The van der Waals surface area contributed by atoms with E-state index in [0.29, 0.717) is 20.4 Å². The molecule has 168 valence electrons. The maximum absolute atomic E-state index is 13.6. The summed E-state index contributed by atoms with van der Waals surface area (Å²) in [7, 11) is 0. The predicted octanol–water partition coefficient (Wildman–Crippen LogP) is 5.03. The number of alkyl halides is 3. The number of nitriles is 1. The highest BCUT2D eigenvalue weighted by molar-refractivity contribution is 7.99. The van der Waals surface area contributed by atoms with Crippen LogP contribution in [-0.4, -0.2) is 38.4 Å². The highest BCUT2D eigenvalue weighted by Crippen LogP contribution is 2.39. The smallest absolute Gasteiger partial charge is 0.375 e. The second kappa shape index (κ2) is 9.22. The molecule has 0 unspecified atom stereocenters. The quantitative estimate of drug-likeness (QED) is 0.473. The van der Waals surface area contributed by atoms with Gasteiger partial charge in [-0.15, -0.1) is 11.3 Å². The maximum Gasteiger partial charge on any atom is 0.420 e. The molecule has 1 saturated heterocycles. The monoisotopic (exact) mass is 497 g/mol. The number of anilines is 2. The zero-order chi connectivity index (χ0) is 22.9. The van der Waals surface area contributed by atoms with E-state index in [9.17, 15) is 13.2 Å². The fourth-order valence-corrected chi connectivity index (χ4v) is 6.13. The van der Waals surface area contributed by atoms with Gasteiger partial charge in [0.1, 0.15) is 11.6 Å². The van der Waals surface area contributed by atoms with Crippen LogP contribution in [0.1, 0.15) is 28.8 Å². The standard InChI is InChI=1S/C19H18F3N7S3/c1-10-11(7-23)6-14(30-10)16-13(19(20,21)22)8-26-18(28-16)27-12-2-4-29(5-3-12)32-15-9-25-17(24)31-15/h6,8-9,12H,2-5H2,1H3,(H2,24,25)(H,26,27,28). The molecular formula is C19H18F3N7S3. The predicted molar refractivity (Wildman–Crippen MR) is 120 cm³/mol. The van der Waals surface area contributed by atoms with Gasteiger partial charge < -0.3 is 11.1 Å². The summed E-state index contributed by atoms with van der Waals surface area (Å²) in [6.07, 6.45) is -0.460. The third-order valence-electron chi connectivity index (χ3n) is 4.87. The minimum atomic E-state index is -4.60. The van der Waals surface area contributed by atoms with Crippen LogP contribution in [0, 0.1) is 18.3 Å². The number of hydrogen-bond acceptors (Lipinski definition) is 10. The summed E-state index contributed by atoms with van der Waals surface area (Å²) in [6.45, 7) is 3.29. The second-order valence-electron chi connectivity index (χ2n) is 7.10. The molecule has 4 heterocycles. The van der Waals surface area contributed by atoms with Gasteiger partial charge in [-0.25, -0.2) is 19.3 Å². The molecule has 0 amide bonds. The van der Waals surface area contributed by atoms with Crippen molar-refractivity contribution in [3.05, 3.63) is 34.5 Å². The molecule has 0 spiro atoms. The lowest BCUT2D eigenvalue weighted by Gasteiger charge is -2.31. The summed E-state index contributed by atoms with van der Waals surface area (Å²) in [5.74, 6) is 0.152. The molecule has 3 aromatic rings. The number of thiazole rings is 1. The molecule has 4 rings (SSSR count). The van der Waals surface area contributed by atoms with Crippen LogP contribution in [0.25, 0.3) is 10.6 Å².